The number of hydrogen-bond donors (Lipinski definition) is 0. The molecule has 0 N–H and O–H groups in total. The molecule has 0 aromatic heterocycles. The second kappa shape index (κ2) is 12.8. The molecule has 0 amide bonds. The lowest BCUT2D eigenvalue weighted by Gasteiger charge is -2.19. The highest BCUT2D eigenvalue weighted by atomic mass is 17.3. The molecule has 0 spiro atoms. The van der Waals surface area contributed by atoms with E-state index in [2.05, 4.69) is 41.5 Å². The first-order valence-electron chi connectivity index (χ1n) is 12.0. The molecule has 192 valence electrons. The average molecular weight is 487 g/mol. The van der Waals surface area contributed by atoms with Gasteiger partial charge in [0.05, 0.1) is 17.7 Å². The average Bonchev–Trinajstić information content (AvgIpc) is 2.81. The Hall–Kier alpha value is -2.74. The zero-order valence-electron chi connectivity index (χ0n) is 21.9. The Balaban J connectivity index is 1.95. The molecule has 0 heterocycles. The Morgan fingerprint density at radius 1 is 0.686 bits per heavy atom. The van der Waals surface area contributed by atoms with Crippen molar-refractivity contribution in [3.05, 3.63) is 70.8 Å². The normalized spacial score (nSPS) is 12.0. The minimum absolute atomic E-state index is 0.0344. The molecule has 0 bridgehead atoms. The van der Waals surface area contributed by atoms with Crippen LogP contribution in [0.4, 0.5) is 0 Å². The number of hydrogen-bond acceptors (Lipinski definition) is 7. The van der Waals surface area contributed by atoms with E-state index in [4.69, 9.17) is 24.3 Å². The highest BCUT2D eigenvalue weighted by molar-refractivity contribution is 5.89. The topological polar surface area (TPSA) is 80.3 Å². The first-order valence-corrected chi connectivity index (χ1v) is 12.0. The van der Waals surface area contributed by atoms with Crippen LogP contribution in [0.3, 0.4) is 0 Å². The van der Waals surface area contributed by atoms with Gasteiger partial charge in [-0.05, 0) is 52.6 Å². The maximum absolute atomic E-state index is 12.4. The monoisotopic (exact) mass is 486 g/mol. The van der Waals surface area contributed by atoms with Crippen molar-refractivity contribution in [2.24, 2.45) is 0 Å². The minimum Gasteiger partial charge on any atom is -0.381 e. The van der Waals surface area contributed by atoms with Crippen LogP contribution < -0.4 is 0 Å². The lowest BCUT2D eigenvalue weighted by atomic mass is 9.87. The van der Waals surface area contributed by atoms with Gasteiger partial charge < -0.3 is 4.74 Å². The summed E-state index contributed by atoms with van der Waals surface area (Å²) in [6.45, 7) is 15.4. The molecule has 0 aliphatic carbocycles. The van der Waals surface area contributed by atoms with Gasteiger partial charge in [-0.2, -0.15) is 0 Å². The van der Waals surface area contributed by atoms with E-state index in [0.717, 1.165) is 17.5 Å². The van der Waals surface area contributed by atoms with Crippen molar-refractivity contribution in [2.45, 2.75) is 78.4 Å². The van der Waals surface area contributed by atoms with Crippen LogP contribution in [0.15, 0.2) is 48.5 Å². The smallest absolute Gasteiger partial charge is 0.373 e. The highest BCUT2D eigenvalue weighted by Gasteiger charge is 2.21. The summed E-state index contributed by atoms with van der Waals surface area (Å²) in [6, 6.07) is 14.2. The second-order valence-corrected chi connectivity index (χ2v) is 10.4. The summed E-state index contributed by atoms with van der Waals surface area (Å²) in [5.41, 5.74) is 2.77. The predicted molar refractivity (Wildman–Crippen MR) is 133 cm³/mol. The van der Waals surface area contributed by atoms with E-state index in [1.54, 1.807) is 24.3 Å². The van der Waals surface area contributed by atoms with Gasteiger partial charge in [0.15, 0.2) is 0 Å². The van der Waals surface area contributed by atoms with Gasteiger partial charge >= 0.3 is 11.9 Å². The Kier molecular flexibility index (Phi) is 10.4. The number of carbonyl (C=O) groups excluding carboxylic acids is 2. The first-order chi connectivity index (χ1) is 16.4. The Labute approximate surface area is 208 Å². The fourth-order valence-electron chi connectivity index (χ4n) is 3.04. The third-order valence-electron chi connectivity index (χ3n) is 5.28. The Bertz CT molecular complexity index is 862. The number of carbonyl (C=O) groups is 2. The van der Waals surface area contributed by atoms with Crippen molar-refractivity contribution >= 4 is 11.9 Å². The van der Waals surface area contributed by atoms with Crippen LogP contribution in [0.2, 0.25) is 0 Å². The van der Waals surface area contributed by atoms with Crippen molar-refractivity contribution in [3.63, 3.8) is 0 Å². The summed E-state index contributed by atoms with van der Waals surface area (Å²) >= 11 is 0. The third kappa shape index (κ3) is 9.43. The van der Waals surface area contributed by atoms with Crippen LogP contribution in [-0.2, 0) is 35.1 Å². The fourth-order valence-corrected chi connectivity index (χ4v) is 3.04. The van der Waals surface area contributed by atoms with Crippen LogP contribution in [-0.4, -0.2) is 31.4 Å². The minimum atomic E-state index is -1.15. The van der Waals surface area contributed by atoms with E-state index in [9.17, 15) is 9.59 Å². The van der Waals surface area contributed by atoms with Crippen molar-refractivity contribution in [3.8, 4) is 0 Å². The Morgan fingerprint density at radius 3 is 1.43 bits per heavy atom. The number of benzene rings is 2. The molecular weight excluding hydrogens is 448 g/mol. The Morgan fingerprint density at radius 2 is 1.09 bits per heavy atom. The van der Waals surface area contributed by atoms with E-state index in [1.807, 2.05) is 31.2 Å². The van der Waals surface area contributed by atoms with E-state index < -0.39 is 18.2 Å². The van der Waals surface area contributed by atoms with E-state index >= 15 is 0 Å². The third-order valence-corrected chi connectivity index (χ3v) is 5.28. The molecule has 0 saturated carbocycles. The second-order valence-electron chi connectivity index (χ2n) is 10.4. The molecule has 7 heteroatoms. The lowest BCUT2D eigenvalue weighted by Crippen LogP contribution is -2.24. The van der Waals surface area contributed by atoms with Gasteiger partial charge in [-0.3, -0.25) is 9.78 Å². The summed E-state index contributed by atoms with van der Waals surface area (Å²) in [5.74, 6) is -1.37. The number of ether oxygens (including phenoxy) is 1. The van der Waals surface area contributed by atoms with Gasteiger partial charge in [0.25, 0.3) is 0 Å². The van der Waals surface area contributed by atoms with Crippen molar-refractivity contribution in [1.29, 1.82) is 0 Å². The van der Waals surface area contributed by atoms with Crippen LogP contribution >= 0.6 is 0 Å². The van der Waals surface area contributed by atoms with E-state index in [1.165, 1.54) is 0 Å². The highest BCUT2D eigenvalue weighted by Crippen LogP contribution is 2.23. The van der Waals surface area contributed by atoms with Gasteiger partial charge in [0.2, 0.25) is 6.29 Å². The summed E-state index contributed by atoms with van der Waals surface area (Å²) in [4.78, 5) is 45.1. The van der Waals surface area contributed by atoms with Gasteiger partial charge in [0, 0.05) is 13.0 Å². The van der Waals surface area contributed by atoms with E-state index in [0.29, 0.717) is 17.7 Å². The van der Waals surface area contributed by atoms with Crippen molar-refractivity contribution < 1.29 is 33.9 Å². The van der Waals surface area contributed by atoms with Gasteiger partial charge in [-0.15, -0.1) is 9.78 Å². The molecule has 2 aromatic carbocycles. The predicted octanol–water partition coefficient (Wildman–Crippen LogP) is 6.30. The van der Waals surface area contributed by atoms with Crippen LogP contribution in [0.5, 0.6) is 0 Å². The molecule has 0 aliphatic heterocycles. The molecule has 0 saturated heterocycles. The zero-order valence-corrected chi connectivity index (χ0v) is 21.9. The fraction of sp³-hybridized carbons (Fsp3) is 0.500. The maximum atomic E-state index is 12.4. The molecule has 0 fully saturated rings. The molecule has 2 aromatic rings. The number of rotatable bonds is 11. The zero-order chi connectivity index (χ0) is 26.1. The summed E-state index contributed by atoms with van der Waals surface area (Å²) in [6.07, 6.45) is -0.111. The van der Waals surface area contributed by atoms with Gasteiger partial charge in [-0.25, -0.2) is 9.59 Å². The van der Waals surface area contributed by atoms with Crippen LogP contribution in [0.25, 0.3) is 0 Å². The summed E-state index contributed by atoms with van der Waals surface area (Å²) in [7, 11) is 0. The molecular formula is C28H38O7. The van der Waals surface area contributed by atoms with Crippen LogP contribution in [0.1, 0.15) is 93.2 Å². The summed E-state index contributed by atoms with van der Waals surface area (Å²) < 4.78 is 5.45. The largest absolute Gasteiger partial charge is 0.381 e. The van der Waals surface area contributed by atoms with Gasteiger partial charge in [-0.1, -0.05) is 72.7 Å². The molecule has 35 heavy (non-hydrogen) atoms. The quantitative estimate of drug-likeness (QED) is 0.159. The van der Waals surface area contributed by atoms with E-state index in [-0.39, 0.29) is 23.9 Å². The summed E-state index contributed by atoms with van der Waals surface area (Å²) in [5, 5.41) is 0. The molecule has 0 radical (unpaired) electrons. The van der Waals surface area contributed by atoms with Crippen molar-refractivity contribution in [1.82, 2.24) is 0 Å². The SMILES string of the molecule is CCCOCCC(OOC(=O)c1ccc(C(C)(C)C)cc1)OOC(=O)c1ccc(C(C)(C)C)cc1. The van der Waals surface area contributed by atoms with Crippen LogP contribution in [0, 0.1) is 0 Å². The molecule has 0 unspecified atom stereocenters. The lowest BCUT2D eigenvalue weighted by molar-refractivity contribution is -0.422. The molecule has 0 aliphatic rings. The molecule has 2 rings (SSSR count). The van der Waals surface area contributed by atoms with Gasteiger partial charge in [0.1, 0.15) is 0 Å². The standard InChI is InChI=1S/C28H38O7/c1-8-18-31-19-17-24(32-34-25(29)20-9-13-22(14-10-20)27(2,3)4)33-35-26(30)21-11-15-23(16-12-21)28(5,6)7/h9-16,24H,8,17-19H2,1-7H3. The van der Waals surface area contributed by atoms with Crippen molar-refractivity contribution in [2.75, 3.05) is 13.2 Å². The molecule has 0 atom stereocenters. The maximum Gasteiger partial charge on any atom is 0.373 e. The first kappa shape index (κ1) is 28.5. The molecule has 7 nitrogen and oxygen atoms in total.